The van der Waals surface area contributed by atoms with Crippen LogP contribution in [0.3, 0.4) is 0 Å². The maximum atomic E-state index is 12.9. The highest BCUT2D eigenvalue weighted by molar-refractivity contribution is 5.81. The van der Waals surface area contributed by atoms with Gasteiger partial charge in [-0.15, -0.1) is 0 Å². The molecular formula is C14H10FN3O3. The topological polar surface area (TPSA) is 80.9 Å². The summed E-state index contributed by atoms with van der Waals surface area (Å²) < 4.78 is 14.5. The molecule has 0 unspecified atom stereocenters. The molecule has 0 atom stereocenters. The Kier molecular flexibility index (Phi) is 3.02. The third-order valence-corrected chi connectivity index (χ3v) is 3.22. The van der Waals surface area contributed by atoms with Crippen LogP contribution in [-0.4, -0.2) is 14.7 Å². The molecule has 1 heterocycles. The van der Waals surface area contributed by atoms with Crippen LogP contribution in [0, 0.1) is 15.9 Å². The van der Waals surface area contributed by atoms with E-state index >= 15 is 0 Å². The van der Waals surface area contributed by atoms with Gasteiger partial charge in [0.1, 0.15) is 5.82 Å². The SMILES string of the molecule is O=c1[nH]n(Cc2ccc(F)cc2)c2ccc([N+](=O)[O-])cc12. The number of nitro groups is 1. The Morgan fingerprint density at radius 1 is 1.19 bits per heavy atom. The second-order valence-electron chi connectivity index (χ2n) is 4.61. The predicted octanol–water partition coefficient (Wildman–Crippen LogP) is 2.43. The molecule has 0 radical (unpaired) electrons. The molecule has 0 spiro atoms. The summed E-state index contributed by atoms with van der Waals surface area (Å²) in [6, 6.07) is 10.0. The van der Waals surface area contributed by atoms with Crippen molar-refractivity contribution in [1.29, 1.82) is 0 Å². The number of nitrogens with zero attached hydrogens (tertiary/aromatic N) is 2. The van der Waals surface area contributed by atoms with Crippen molar-refractivity contribution in [2.75, 3.05) is 0 Å². The van der Waals surface area contributed by atoms with Crippen molar-refractivity contribution in [3.05, 3.63) is 74.3 Å². The number of H-pyrrole nitrogens is 1. The number of aromatic nitrogens is 2. The zero-order valence-corrected chi connectivity index (χ0v) is 10.7. The molecule has 3 rings (SSSR count). The van der Waals surface area contributed by atoms with Gasteiger partial charge in [0.25, 0.3) is 11.2 Å². The monoisotopic (exact) mass is 287 g/mol. The molecule has 0 aliphatic rings. The average molecular weight is 287 g/mol. The Morgan fingerprint density at radius 2 is 1.90 bits per heavy atom. The van der Waals surface area contributed by atoms with Crippen molar-refractivity contribution in [3.8, 4) is 0 Å². The number of nitrogens with one attached hydrogen (secondary N) is 1. The van der Waals surface area contributed by atoms with Gasteiger partial charge in [-0.05, 0) is 23.8 Å². The molecule has 7 heteroatoms. The lowest BCUT2D eigenvalue weighted by atomic mass is 10.2. The van der Waals surface area contributed by atoms with Gasteiger partial charge in [-0.2, -0.15) is 0 Å². The van der Waals surface area contributed by atoms with E-state index in [0.717, 1.165) is 5.56 Å². The van der Waals surface area contributed by atoms with E-state index in [1.165, 1.54) is 30.3 Å². The highest BCUT2D eigenvalue weighted by Crippen LogP contribution is 2.18. The number of benzene rings is 2. The van der Waals surface area contributed by atoms with E-state index in [9.17, 15) is 19.3 Å². The Labute approximate surface area is 117 Å². The zero-order chi connectivity index (χ0) is 15.0. The third-order valence-electron chi connectivity index (χ3n) is 3.22. The Morgan fingerprint density at radius 3 is 2.57 bits per heavy atom. The van der Waals surface area contributed by atoms with Crippen molar-refractivity contribution < 1.29 is 9.31 Å². The number of hydrogen-bond donors (Lipinski definition) is 1. The molecule has 6 nitrogen and oxygen atoms in total. The highest BCUT2D eigenvalue weighted by atomic mass is 19.1. The van der Waals surface area contributed by atoms with E-state index in [2.05, 4.69) is 5.10 Å². The van der Waals surface area contributed by atoms with Gasteiger partial charge in [-0.1, -0.05) is 12.1 Å². The van der Waals surface area contributed by atoms with E-state index in [-0.39, 0.29) is 16.9 Å². The number of aromatic amines is 1. The number of nitro benzene ring substituents is 1. The lowest BCUT2D eigenvalue weighted by molar-refractivity contribution is -0.384. The van der Waals surface area contributed by atoms with Crippen molar-refractivity contribution >= 4 is 16.6 Å². The molecule has 1 aromatic heterocycles. The van der Waals surface area contributed by atoms with Crippen LogP contribution in [0.25, 0.3) is 10.9 Å². The molecule has 21 heavy (non-hydrogen) atoms. The smallest absolute Gasteiger partial charge is 0.272 e. The molecule has 0 saturated carbocycles. The summed E-state index contributed by atoms with van der Waals surface area (Å²) in [4.78, 5) is 22.1. The minimum atomic E-state index is -0.545. The minimum absolute atomic E-state index is 0.132. The van der Waals surface area contributed by atoms with Gasteiger partial charge >= 0.3 is 0 Å². The summed E-state index contributed by atoms with van der Waals surface area (Å²) in [5.74, 6) is -0.333. The quantitative estimate of drug-likeness (QED) is 0.593. The molecule has 0 aliphatic heterocycles. The highest BCUT2D eigenvalue weighted by Gasteiger charge is 2.12. The molecule has 1 N–H and O–H groups in total. The van der Waals surface area contributed by atoms with Crippen molar-refractivity contribution in [1.82, 2.24) is 9.78 Å². The van der Waals surface area contributed by atoms with Crippen LogP contribution in [0.15, 0.2) is 47.3 Å². The summed E-state index contributed by atoms with van der Waals surface area (Å²) in [5, 5.41) is 13.6. The van der Waals surface area contributed by atoms with Gasteiger partial charge in [0.2, 0.25) is 0 Å². The summed E-state index contributed by atoms with van der Waals surface area (Å²) in [6.07, 6.45) is 0. The average Bonchev–Trinajstić information content (AvgIpc) is 2.77. The van der Waals surface area contributed by atoms with Crippen LogP contribution in [0.5, 0.6) is 0 Å². The van der Waals surface area contributed by atoms with Gasteiger partial charge in [0, 0.05) is 12.1 Å². The number of non-ortho nitro benzene ring substituents is 1. The first kappa shape index (κ1) is 13.0. The van der Waals surface area contributed by atoms with Crippen LogP contribution >= 0.6 is 0 Å². The van der Waals surface area contributed by atoms with Gasteiger partial charge in [0.15, 0.2) is 0 Å². The summed E-state index contributed by atoms with van der Waals surface area (Å²) >= 11 is 0. The largest absolute Gasteiger partial charge is 0.280 e. The van der Waals surface area contributed by atoms with E-state index in [4.69, 9.17) is 0 Å². The van der Waals surface area contributed by atoms with E-state index in [0.29, 0.717) is 12.1 Å². The molecule has 0 saturated heterocycles. The third kappa shape index (κ3) is 2.40. The van der Waals surface area contributed by atoms with Crippen molar-refractivity contribution in [2.45, 2.75) is 6.54 Å². The minimum Gasteiger partial charge on any atom is -0.280 e. The number of fused-ring (bicyclic) bond motifs is 1. The molecule has 0 fully saturated rings. The fourth-order valence-corrected chi connectivity index (χ4v) is 2.19. The van der Waals surface area contributed by atoms with Gasteiger partial charge in [0.05, 0.1) is 22.4 Å². The van der Waals surface area contributed by atoms with Gasteiger partial charge < -0.3 is 0 Å². The number of halogens is 1. The standard InChI is InChI=1S/C14H10FN3O3/c15-10-3-1-9(2-4-10)8-17-13-6-5-11(18(20)21)7-12(13)14(19)16-17/h1-7H,8H2,(H,16,19). The summed E-state index contributed by atoms with van der Waals surface area (Å²) in [7, 11) is 0. The van der Waals surface area contributed by atoms with Crippen LogP contribution in [-0.2, 0) is 6.54 Å². The van der Waals surface area contributed by atoms with E-state index in [1.54, 1.807) is 16.8 Å². The normalized spacial score (nSPS) is 10.9. The lowest BCUT2D eigenvalue weighted by Gasteiger charge is -2.04. The number of hydrogen-bond acceptors (Lipinski definition) is 3. The molecule has 2 aromatic carbocycles. The molecule has 106 valence electrons. The van der Waals surface area contributed by atoms with Crippen molar-refractivity contribution in [2.24, 2.45) is 0 Å². The zero-order valence-electron chi connectivity index (χ0n) is 10.7. The maximum absolute atomic E-state index is 12.9. The fraction of sp³-hybridized carbons (Fsp3) is 0.0714. The Hall–Kier alpha value is -2.96. The van der Waals surface area contributed by atoms with Gasteiger partial charge in [-0.25, -0.2) is 4.39 Å². The second-order valence-corrected chi connectivity index (χ2v) is 4.61. The summed E-state index contributed by atoms with van der Waals surface area (Å²) in [5.41, 5.74) is 0.848. The van der Waals surface area contributed by atoms with Gasteiger partial charge in [-0.3, -0.25) is 24.7 Å². The molecule has 3 aromatic rings. The first-order valence-electron chi connectivity index (χ1n) is 6.16. The van der Waals surface area contributed by atoms with E-state index in [1.807, 2.05) is 0 Å². The van der Waals surface area contributed by atoms with E-state index < -0.39 is 10.5 Å². The lowest BCUT2D eigenvalue weighted by Crippen LogP contribution is -2.06. The van der Waals surface area contributed by atoms with Crippen LogP contribution in [0.1, 0.15) is 5.56 Å². The Bertz CT molecular complexity index is 881. The molecule has 0 bridgehead atoms. The molecule has 0 aliphatic carbocycles. The predicted molar refractivity (Wildman–Crippen MR) is 74.7 cm³/mol. The number of rotatable bonds is 3. The summed E-state index contributed by atoms with van der Waals surface area (Å²) in [6.45, 7) is 0.344. The molecule has 0 amide bonds. The van der Waals surface area contributed by atoms with Crippen molar-refractivity contribution in [3.63, 3.8) is 0 Å². The molecular weight excluding hydrogens is 277 g/mol. The van der Waals surface area contributed by atoms with Crippen LogP contribution < -0.4 is 5.56 Å². The maximum Gasteiger partial charge on any atom is 0.272 e. The first-order valence-corrected chi connectivity index (χ1v) is 6.16. The first-order chi connectivity index (χ1) is 10.0. The van der Waals surface area contributed by atoms with Crippen LogP contribution in [0.2, 0.25) is 0 Å². The fourth-order valence-electron chi connectivity index (χ4n) is 2.19. The van der Waals surface area contributed by atoms with Crippen LogP contribution in [0.4, 0.5) is 10.1 Å². The second kappa shape index (κ2) is 4.86. The Balaban J connectivity index is 2.05.